The van der Waals surface area contributed by atoms with E-state index in [0.29, 0.717) is 13.2 Å². The highest BCUT2D eigenvalue weighted by Crippen LogP contribution is 2.21. The summed E-state index contributed by atoms with van der Waals surface area (Å²) in [5, 5.41) is 9.01. The number of carbonyl (C=O) groups excluding carboxylic acids is 1. The first-order valence-corrected chi connectivity index (χ1v) is 16.7. The van der Waals surface area contributed by atoms with Gasteiger partial charge < -0.3 is 9.84 Å². The van der Waals surface area contributed by atoms with Crippen LogP contribution in [-0.2, 0) is 16.1 Å². The van der Waals surface area contributed by atoms with Crippen LogP contribution in [0.4, 0.5) is 0 Å². The van der Waals surface area contributed by atoms with Crippen LogP contribution in [0, 0.1) is 5.92 Å². The number of nitrogens with zero attached hydrogens (tertiary/aromatic N) is 1. The molecule has 1 aromatic rings. The topological polar surface area (TPSA) is 49.8 Å². The van der Waals surface area contributed by atoms with Gasteiger partial charge in [0.05, 0.1) is 12.5 Å². The summed E-state index contributed by atoms with van der Waals surface area (Å²) in [4.78, 5) is 15.4. The molecular weight excluding hydrogens is 482 g/mol. The average molecular weight is 546 g/mol. The Morgan fingerprint density at radius 2 is 1.21 bits per heavy atom. The molecular formula is C35H63NO3. The van der Waals surface area contributed by atoms with Crippen molar-refractivity contribution in [2.45, 2.75) is 149 Å². The molecule has 0 heterocycles. The van der Waals surface area contributed by atoms with Crippen molar-refractivity contribution in [1.82, 2.24) is 4.90 Å². The van der Waals surface area contributed by atoms with Crippen LogP contribution in [0.1, 0.15) is 148 Å². The van der Waals surface area contributed by atoms with Gasteiger partial charge in [-0.2, -0.15) is 0 Å². The highest BCUT2D eigenvalue weighted by atomic mass is 16.5. The third-order valence-electron chi connectivity index (χ3n) is 7.89. The van der Waals surface area contributed by atoms with Gasteiger partial charge in [0.1, 0.15) is 0 Å². The molecule has 0 radical (unpaired) electrons. The molecule has 0 fully saturated rings. The van der Waals surface area contributed by atoms with E-state index in [1.165, 1.54) is 82.6 Å². The maximum absolute atomic E-state index is 12.8. The maximum atomic E-state index is 12.8. The summed E-state index contributed by atoms with van der Waals surface area (Å²) in [5.41, 5.74) is 1.38. The van der Waals surface area contributed by atoms with Gasteiger partial charge in [0.15, 0.2) is 0 Å². The number of aliphatic hydroxyl groups is 1. The van der Waals surface area contributed by atoms with Crippen molar-refractivity contribution in [3.05, 3.63) is 35.9 Å². The van der Waals surface area contributed by atoms with Crippen molar-refractivity contribution >= 4 is 5.97 Å². The van der Waals surface area contributed by atoms with Gasteiger partial charge in [-0.1, -0.05) is 134 Å². The SMILES string of the molecule is CCCCCCCCC(CCCCCC)C(=O)OCCCCCCN(CCCCCCO)Cc1ccccc1. The summed E-state index contributed by atoms with van der Waals surface area (Å²) >= 11 is 0. The number of benzene rings is 1. The van der Waals surface area contributed by atoms with Crippen molar-refractivity contribution in [1.29, 1.82) is 0 Å². The fourth-order valence-electron chi connectivity index (χ4n) is 5.36. The second-order valence-electron chi connectivity index (χ2n) is 11.6. The molecule has 0 saturated carbocycles. The summed E-state index contributed by atoms with van der Waals surface area (Å²) in [6.07, 6.45) is 23.5. The highest BCUT2D eigenvalue weighted by Gasteiger charge is 2.19. The van der Waals surface area contributed by atoms with Crippen LogP contribution in [0.25, 0.3) is 0 Å². The first kappa shape index (κ1) is 35.6. The first-order valence-electron chi connectivity index (χ1n) is 16.7. The molecule has 4 nitrogen and oxygen atoms in total. The van der Waals surface area contributed by atoms with Crippen LogP contribution in [0.5, 0.6) is 0 Å². The Hall–Kier alpha value is -1.39. The van der Waals surface area contributed by atoms with Gasteiger partial charge in [-0.3, -0.25) is 9.69 Å². The molecule has 0 amide bonds. The molecule has 0 saturated heterocycles. The molecule has 0 aliphatic heterocycles. The van der Waals surface area contributed by atoms with E-state index >= 15 is 0 Å². The fraction of sp³-hybridized carbons (Fsp3) is 0.800. The standard InChI is InChI=1S/C35H63NO3/c1-3-5-7-9-10-19-27-34(26-18-8-6-4-2)35(38)39-31-23-14-12-21-29-36(28-20-11-13-22-30-37)32-33-24-16-15-17-25-33/h15-17,24-25,34,37H,3-14,18-23,26-32H2,1-2H3. The van der Waals surface area contributed by atoms with E-state index in [1.807, 2.05) is 0 Å². The minimum atomic E-state index is 0.0651. The van der Waals surface area contributed by atoms with Gasteiger partial charge in [-0.15, -0.1) is 0 Å². The van der Waals surface area contributed by atoms with Crippen LogP contribution in [0.3, 0.4) is 0 Å². The van der Waals surface area contributed by atoms with Gasteiger partial charge in [0.2, 0.25) is 0 Å². The summed E-state index contributed by atoms with van der Waals surface area (Å²) in [5.74, 6) is 0.173. The molecule has 4 heteroatoms. The molecule has 0 spiro atoms. The number of carbonyl (C=O) groups is 1. The van der Waals surface area contributed by atoms with E-state index in [4.69, 9.17) is 9.84 Å². The lowest BCUT2D eigenvalue weighted by molar-refractivity contribution is -0.149. The predicted octanol–water partition coefficient (Wildman–Crippen LogP) is 9.48. The van der Waals surface area contributed by atoms with Crippen LogP contribution < -0.4 is 0 Å². The molecule has 226 valence electrons. The van der Waals surface area contributed by atoms with Crippen molar-refractivity contribution in [3.63, 3.8) is 0 Å². The zero-order valence-corrected chi connectivity index (χ0v) is 25.9. The molecule has 0 bridgehead atoms. The Balaban J connectivity index is 2.29. The third-order valence-corrected chi connectivity index (χ3v) is 7.89. The van der Waals surface area contributed by atoms with Crippen LogP contribution in [-0.4, -0.2) is 42.3 Å². The van der Waals surface area contributed by atoms with E-state index in [-0.39, 0.29) is 11.9 Å². The van der Waals surface area contributed by atoms with Gasteiger partial charge in [-0.25, -0.2) is 0 Å². The minimum absolute atomic E-state index is 0.0651. The number of rotatable bonds is 28. The number of unbranched alkanes of at least 4 members (excludes halogenated alkanes) is 14. The second-order valence-corrected chi connectivity index (χ2v) is 11.6. The largest absolute Gasteiger partial charge is 0.465 e. The fourth-order valence-corrected chi connectivity index (χ4v) is 5.36. The normalized spacial score (nSPS) is 12.2. The van der Waals surface area contributed by atoms with Gasteiger partial charge in [0, 0.05) is 13.2 Å². The van der Waals surface area contributed by atoms with E-state index in [0.717, 1.165) is 71.0 Å². The summed E-state index contributed by atoms with van der Waals surface area (Å²) < 4.78 is 5.78. The molecule has 1 unspecified atom stereocenters. The Morgan fingerprint density at radius 1 is 0.692 bits per heavy atom. The Kier molecular flexibility index (Phi) is 24.5. The minimum Gasteiger partial charge on any atom is -0.465 e. The Bertz CT molecular complexity index is 651. The van der Waals surface area contributed by atoms with Gasteiger partial charge in [0.25, 0.3) is 0 Å². The third kappa shape index (κ3) is 21.1. The predicted molar refractivity (Wildman–Crippen MR) is 167 cm³/mol. The smallest absolute Gasteiger partial charge is 0.308 e. The number of hydrogen-bond donors (Lipinski definition) is 1. The zero-order chi connectivity index (χ0) is 28.2. The van der Waals surface area contributed by atoms with Crippen LogP contribution in [0.2, 0.25) is 0 Å². The molecule has 1 rings (SSSR count). The van der Waals surface area contributed by atoms with E-state index in [1.54, 1.807) is 0 Å². The van der Waals surface area contributed by atoms with Crippen molar-refractivity contribution in [2.75, 3.05) is 26.3 Å². The summed E-state index contributed by atoms with van der Waals surface area (Å²) in [6.45, 7) is 8.64. The second kappa shape index (κ2) is 26.8. The van der Waals surface area contributed by atoms with E-state index in [2.05, 4.69) is 49.1 Å². The Morgan fingerprint density at radius 3 is 1.82 bits per heavy atom. The molecule has 39 heavy (non-hydrogen) atoms. The number of esters is 1. The highest BCUT2D eigenvalue weighted by molar-refractivity contribution is 5.72. The summed E-state index contributed by atoms with van der Waals surface area (Å²) in [6, 6.07) is 10.8. The first-order chi connectivity index (χ1) is 19.2. The quantitative estimate of drug-likeness (QED) is 0.0841. The van der Waals surface area contributed by atoms with Crippen LogP contribution >= 0.6 is 0 Å². The average Bonchev–Trinajstić information content (AvgIpc) is 2.95. The molecule has 0 aliphatic rings. The summed E-state index contributed by atoms with van der Waals surface area (Å²) in [7, 11) is 0. The molecule has 0 aliphatic carbocycles. The van der Waals surface area contributed by atoms with Crippen molar-refractivity contribution in [2.24, 2.45) is 5.92 Å². The number of ether oxygens (including phenoxy) is 1. The van der Waals surface area contributed by atoms with Gasteiger partial charge in [-0.05, 0) is 57.2 Å². The lowest BCUT2D eigenvalue weighted by Gasteiger charge is -2.22. The van der Waals surface area contributed by atoms with Crippen molar-refractivity contribution in [3.8, 4) is 0 Å². The van der Waals surface area contributed by atoms with E-state index < -0.39 is 0 Å². The van der Waals surface area contributed by atoms with Crippen molar-refractivity contribution < 1.29 is 14.6 Å². The number of aliphatic hydroxyl groups excluding tert-OH is 1. The Labute approximate surface area is 242 Å². The monoisotopic (exact) mass is 545 g/mol. The molecule has 1 N–H and O–H groups in total. The molecule has 1 aromatic carbocycles. The van der Waals surface area contributed by atoms with Crippen LogP contribution in [0.15, 0.2) is 30.3 Å². The van der Waals surface area contributed by atoms with Gasteiger partial charge >= 0.3 is 5.97 Å². The zero-order valence-electron chi connectivity index (χ0n) is 25.9. The van der Waals surface area contributed by atoms with E-state index in [9.17, 15) is 4.79 Å². The number of hydrogen-bond acceptors (Lipinski definition) is 4. The molecule has 0 aromatic heterocycles. The maximum Gasteiger partial charge on any atom is 0.308 e. The lowest BCUT2D eigenvalue weighted by Crippen LogP contribution is -2.25. The molecule has 1 atom stereocenters. The lowest BCUT2D eigenvalue weighted by atomic mass is 9.94.